The molecule has 1 saturated heterocycles. The largest absolute Gasteiger partial charge is 0.326 e. The van der Waals surface area contributed by atoms with Crippen LogP contribution in [-0.4, -0.2) is 46.5 Å². The molecule has 1 aliphatic heterocycles. The van der Waals surface area contributed by atoms with Crippen LogP contribution >= 0.6 is 12.4 Å². The molecule has 6 nitrogen and oxygen atoms in total. The van der Waals surface area contributed by atoms with Crippen molar-refractivity contribution in [1.82, 2.24) is 4.31 Å². The summed E-state index contributed by atoms with van der Waals surface area (Å²) in [5, 5.41) is 0. The van der Waals surface area contributed by atoms with Crippen LogP contribution in [0.15, 0.2) is 28.0 Å². The highest BCUT2D eigenvalue weighted by atomic mass is 35.5. The summed E-state index contributed by atoms with van der Waals surface area (Å²) >= 11 is 0. The molecule has 0 radical (unpaired) electrons. The van der Waals surface area contributed by atoms with Crippen molar-refractivity contribution in [2.24, 2.45) is 5.73 Å². The highest BCUT2D eigenvalue weighted by Gasteiger charge is 2.31. The molecule has 1 aliphatic rings. The standard InChI is InChI=1S/C11H15FN2O4S2.ClH/c1-19(15,16)11-3-2-9(6-10(11)12)20(17,18)14-5-4-8(13)7-14;/h2-3,6,8H,4-5,7,13H2,1H3;1H/t8-;/m0./s1. The van der Waals surface area contributed by atoms with Gasteiger partial charge >= 0.3 is 0 Å². The molecule has 2 N–H and O–H groups in total. The minimum Gasteiger partial charge on any atom is -0.326 e. The van der Waals surface area contributed by atoms with Crippen LogP contribution in [0.5, 0.6) is 0 Å². The van der Waals surface area contributed by atoms with Crippen LogP contribution < -0.4 is 5.73 Å². The van der Waals surface area contributed by atoms with E-state index in [1.807, 2.05) is 0 Å². The molecule has 0 aromatic heterocycles. The van der Waals surface area contributed by atoms with E-state index in [1.165, 1.54) is 4.31 Å². The van der Waals surface area contributed by atoms with E-state index in [0.29, 0.717) is 6.42 Å². The van der Waals surface area contributed by atoms with E-state index >= 15 is 0 Å². The molecule has 10 heteroatoms. The van der Waals surface area contributed by atoms with E-state index in [4.69, 9.17) is 5.73 Å². The smallest absolute Gasteiger partial charge is 0.243 e. The fraction of sp³-hybridized carbons (Fsp3) is 0.455. The SMILES string of the molecule is CS(=O)(=O)c1ccc(S(=O)(=O)N2CC[C@H](N)C2)cc1F.Cl. The Morgan fingerprint density at radius 3 is 2.33 bits per heavy atom. The third-order valence-electron chi connectivity index (χ3n) is 3.13. The molecule has 21 heavy (non-hydrogen) atoms. The predicted molar refractivity (Wildman–Crippen MR) is 78.1 cm³/mol. The average Bonchev–Trinajstić information content (AvgIpc) is 2.74. The monoisotopic (exact) mass is 358 g/mol. The van der Waals surface area contributed by atoms with Gasteiger partial charge in [-0.15, -0.1) is 12.4 Å². The van der Waals surface area contributed by atoms with E-state index < -0.39 is 30.6 Å². The third kappa shape index (κ3) is 3.72. The first-order chi connectivity index (χ1) is 9.12. The quantitative estimate of drug-likeness (QED) is 0.842. The van der Waals surface area contributed by atoms with Crippen LogP contribution in [0.25, 0.3) is 0 Å². The van der Waals surface area contributed by atoms with Gasteiger partial charge in [0.05, 0.1) is 4.90 Å². The van der Waals surface area contributed by atoms with Gasteiger partial charge in [-0.1, -0.05) is 0 Å². The first-order valence-corrected chi connectivity index (χ1v) is 9.21. The number of nitrogens with two attached hydrogens (primary N) is 1. The van der Waals surface area contributed by atoms with Crippen LogP contribution in [0.4, 0.5) is 4.39 Å². The third-order valence-corrected chi connectivity index (χ3v) is 6.12. The summed E-state index contributed by atoms with van der Waals surface area (Å²) in [7, 11) is -7.56. The second-order valence-electron chi connectivity index (χ2n) is 4.78. The zero-order chi connectivity index (χ0) is 15.1. The van der Waals surface area contributed by atoms with Gasteiger partial charge in [-0.2, -0.15) is 4.31 Å². The predicted octanol–water partition coefficient (Wildman–Crippen LogP) is 0.373. The normalized spacial score (nSPS) is 20.2. The Balaban J connectivity index is 0.00000220. The number of benzene rings is 1. The molecule has 0 spiro atoms. The fourth-order valence-electron chi connectivity index (χ4n) is 2.06. The van der Waals surface area contributed by atoms with Crippen LogP contribution in [0.3, 0.4) is 0 Å². The van der Waals surface area contributed by atoms with Crippen LogP contribution in [0.1, 0.15) is 6.42 Å². The average molecular weight is 359 g/mol. The topological polar surface area (TPSA) is 97.5 Å². The lowest BCUT2D eigenvalue weighted by Gasteiger charge is -2.16. The number of hydrogen-bond acceptors (Lipinski definition) is 5. The lowest BCUT2D eigenvalue weighted by Crippen LogP contribution is -2.32. The number of hydrogen-bond donors (Lipinski definition) is 1. The molecule has 0 amide bonds. The second kappa shape index (κ2) is 6.17. The molecule has 1 atom stereocenters. The van der Waals surface area contributed by atoms with Gasteiger partial charge in [0.15, 0.2) is 9.84 Å². The zero-order valence-corrected chi connectivity index (χ0v) is 13.6. The van der Waals surface area contributed by atoms with E-state index in [-0.39, 0.29) is 36.4 Å². The van der Waals surface area contributed by atoms with Gasteiger partial charge in [0.1, 0.15) is 10.7 Å². The molecule has 0 saturated carbocycles. The first kappa shape index (κ1) is 18.3. The van der Waals surface area contributed by atoms with Crippen LogP contribution in [0, 0.1) is 5.82 Å². The summed E-state index contributed by atoms with van der Waals surface area (Å²) in [5.41, 5.74) is 5.65. The van der Waals surface area contributed by atoms with Gasteiger partial charge in [0.2, 0.25) is 10.0 Å². The maximum Gasteiger partial charge on any atom is 0.243 e. The second-order valence-corrected chi connectivity index (χ2v) is 8.70. The molecule has 1 aromatic carbocycles. The minimum absolute atomic E-state index is 0. The van der Waals surface area contributed by atoms with Gasteiger partial charge in [-0.05, 0) is 24.6 Å². The van der Waals surface area contributed by atoms with Crippen molar-refractivity contribution in [2.45, 2.75) is 22.3 Å². The molecule has 120 valence electrons. The Kier molecular flexibility index (Phi) is 5.38. The van der Waals surface area contributed by atoms with Gasteiger partial charge < -0.3 is 5.73 Å². The lowest BCUT2D eigenvalue weighted by atomic mass is 10.3. The van der Waals surface area contributed by atoms with Crippen molar-refractivity contribution in [3.63, 3.8) is 0 Å². The number of sulfonamides is 1. The summed E-state index contributed by atoms with van der Waals surface area (Å²) < 4.78 is 62.0. The van der Waals surface area contributed by atoms with Gasteiger partial charge in [-0.3, -0.25) is 0 Å². The first-order valence-electron chi connectivity index (χ1n) is 5.88. The molecular weight excluding hydrogens is 343 g/mol. The summed E-state index contributed by atoms with van der Waals surface area (Å²) in [4.78, 5) is -0.786. The minimum atomic E-state index is -3.84. The van der Waals surface area contributed by atoms with Crippen molar-refractivity contribution in [3.8, 4) is 0 Å². The van der Waals surface area contributed by atoms with Gasteiger partial charge in [0.25, 0.3) is 0 Å². The molecule has 1 heterocycles. The fourth-order valence-corrected chi connectivity index (χ4v) is 4.32. The molecular formula is C11H16ClFN2O4S2. The van der Waals surface area contributed by atoms with E-state index in [2.05, 4.69) is 0 Å². The van der Waals surface area contributed by atoms with Crippen molar-refractivity contribution in [2.75, 3.05) is 19.3 Å². The molecule has 1 fully saturated rings. The van der Waals surface area contributed by atoms with Gasteiger partial charge in [0, 0.05) is 25.4 Å². The maximum atomic E-state index is 13.8. The zero-order valence-electron chi connectivity index (χ0n) is 11.2. The molecule has 0 aliphatic carbocycles. The van der Waals surface area contributed by atoms with E-state index in [1.54, 1.807) is 0 Å². The summed E-state index contributed by atoms with van der Waals surface area (Å²) in [5.74, 6) is -1.07. The Hall–Kier alpha value is -0.740. The van der Waals surface area contributed by atoms with E-state index in [9.17, 15) is 21.2 Å². The molecule has 0 bridgehead atoms. The summed E-state index contributed by atoms with van der Waals surface area (Å²) in [6.45, 7) is 0.455. The Morgan fingerprint density at radius 2 is 1.90 bits per heavy atom. The van der Waals surface area contributed by atoms with Crippen molar-refractivity contribution in [3.05, 3.63) is 24.0 Å². The lowest BCUT2D eigenvalue weighted by molar-refractivity contribution is 0.471. The highest BCUT2D eigenvalue weighted by molar-refractivity contribution is 7.90. The van der Waals surface area contributed by atoms with Gasteiger partial charge in [-0.25, -0.2) is 21.2 Å². The number of halogens is 2. The Labute approximate surface area is 129 Å². The number of rotatable bonds is 3. The number of sulfone groups is 1. The summed E-state index contributed by atoms with van der Waals surface area (Å²) in [6, 6.07) is 2.56. The molecule has 2 rings (SSSR count). The Morgan fingerprint density at radius 1 is 1.29 bits per heavy atom. The van der Waals surface area contributed by atoms with Crippen molar-refractivity contribution >= 4 is 32.3 Å². The number of nitrogens with zero attached hydrogens (tertiary/aromatic N) is 1. The van der Waals surface area contributed by atoms with Crippen molar-refractivity contribution in [1.29, 1.82) is 0 Å². The molecule has 1 aromatic rings. The summed E-state index contributed by atoms with van der Waals surface area (Å²) in [6.07, 6.45) is 1.40. The van der Waals surface area contributed by atoms with Crippen LogP contribution in [-0.2, 0) is 19.9 Å². The van der Waals surface area contributed by atoms with Crippen LogP contribution in [0.2, 0.25) is 0 Å². The maximum absolute atomic E-state index is 13.8. The molecule has 0 unspecified atom stereocenters. The van der Waals surface area contributed by atoms with Crippen molar-refractivity contribution < 1.29 is 21.2 Å². The Bertz CT molecular complexity index is 737. The highest BCUT2D eigenvalue weighted by Crippen LogP contribution is 2.24. The van der Waals surface area contributed by atoms with E-state index in [0.717, 1.165) is 24.5 Å².